The van der Waals surface area contributed by atoms with E-state index in [9.17, 15) is 0 Å². The Hall–Kier alpha value is -1.14. The van der Waals surface area contributed by atoms with Crippen molar-refractivity contribution in [2.75, 3.05) is 23.7 Å². The van der Waals surface area contributed by atoms with E-state index in [1.807, 2.05) is 0 Å². The van der Waals surface area contributed by atoms with Gasteiger partial charge in [-0.25, -0.2) is 0 Å². The zero-order valence-corrected chi connectivity index (χ0v) is 30.2. The second-order valence-corrected chi connectivity index (χ2v) is 14.1. The van der Waals surface area contributed by atoms with Gasteiger partial charge in [-0.2, -0.15) is 9.13 Å². The van der Waals surface area contributed by atoms with E-state index in [0.717, 1.165) is 13.1 Å². The first-order valence-electron chi connectivity index (χ1n) is 17.4. The molecular formula is C36H62Br2N4+2. The highest BCUT2D eigenvalue weighted by Crippen LogP contribution is 2.20. The molecule has 4 nitrogen and oxygen atoms in total. The van der Waals surface area contributed by atoms with Crippen LogP contribution in [0.5, 0.6) is 0 Å². The topological polar surface area (TPSA) is 31.8 Å². The molecule has 0 radical (unpaired) electrons. The van der Waals surface area contributed by atoms with Crippen molar-refractivity contribution in [2.24, 2.45) is 0 Å². The molecule has 0 spiro atoms. The number of unbranched alkanes of at least 4 members (excludes halogenated alkanes) is 15. The summed E-state index contributed by atoms with van der Waals surface area (Å²) in [4.78, 5) is 0.796. The number of nitrogens with zero attached hydrogens (tertiary/aromatic N) is 2. The van der Waals surface area contributed by atoms with Gasteiger partial charge in [0.25, 0.3) is 0 Å². The number of pyridine rings is 2. The van der Waals surface area contributed by atoms with Crippen LogP contribution in [0.1, 0.15) is 152 Å². The van der Waals surface area contributed by atoms with Crippen molar-refractivity contribution < 1.29 is 9.13 Å². The first-order chi connectivity index (χ1) is 20.6. The average Bonchev–Trinajstić information content (AvgIpc) is 3.01. The van der Waals surface area contributed by atoms with Crippen molar-refractivity contribution in [3.05, 3.63) is 49.1 Å². The zero-order valence-electron chi connectivity index (χ0n) is 27.0. The maximum Gasteiger partial charge on any atom is 0.211 e. The second kappa shape index (κ2) is 25.2. The van der Waals surface area contributed by atoms with Gasteiger partial charge in [0.2, 0.25) is 9.90 Å². The van der Waals surface area contributed by atoms with Gasteiger partial charge in [-0.05, 0) is 57.5 Å². The Morgan fingerprint density at radius 2 is 0.786 bits per heavy atom. The third-order valence-corrected chi connectivity index (χ3v) is 10.1. The maximum atomic E-state index is 3.89. The Morgan fingerprint density at radius 3 is 1.12 bits per heavy atom. The first-order valence-corrected chi connectivity index (χ1v) is 19.2. The summed E-state index contributed by atoms with van der Waals surface area (Å²) in [6.07, 6.45) is 35.3. The SMILES string of the molecule is CCCCCCNc1cc[n+](C(Br)CCCCCCCCCCCCC(Br)[n+]2ccc(NCCCCCC)cc2)cc1. The summed E-state index contributed by atoms with van der Waals surface area (Å²) in [5.74, 6) is 0. The molecular weight excluding hydrogens is 648 g/mol. The molecule has 42 heavy (non-hydrogen) atoms. The number of nitrogens with one attached hydrogen (secondary N) is 2. The lowest BCUT2D eigenvalue weighted by atomic mass is 10.1. The molecule has 0 amide bonds. The van der Waals surface area contributed by atoms with E-state index >= 15 is 0 Å². The van der Waals surface area contributed by atoms with Crippen molar-refractivity contribution in [2.45, 2.75) is 152 Å². The van der Waals surface area contributed by atoms with Gasteiger partial charge in [-0.1, -0.05) is 104 Å². The predicted octanol–water partition coefficient (Wildman–Crippen LogP) is 11.4. The number of halogens is 2. The molecule has 2 unspecified atom stereocenters. The normalized spacial score (nSPS) is 12.8. The van der Waals surface area contributed by atoms with Crippen molar-refractivity contribution >= 4 is 43.2 Å². The van der Waals surface area contributed by atoms with Crippen LogP contribution < -0.4 is 19.8 Å². The summed E-state index contributed by atoms with van der Waals surface area (Å²) >= 11 is 7.78. The average molecular weight is 711 g/mol. The molecule has 0 fully saturated rings. The van der Waals surface area contributed by atoms with E-state index in [1.165, 1.54) is 140 Å². The molecule has 238 valence electrons. The van der Waals surface area contributed by atoms with E-state index in [1.54, 1.807) is 0 Å². The van der Waals surface area contributed by atoms with Crippen LogP contribution in [0.4, 0.5) is 11.4 Å². The minimum Gasteiger partial charge on any atom is -0.385 e. The van der Waals surface area contributed by atoms with Crippen LogP contribution in [0, 0.1) is 0 Å². The number of anilines is 2. The Kier molecular flexibility index (Phi) is 22.2. The van der Waals surface area contributed by atoms with Crippen molar-refractivity contribution in [3.8, 4) is 0 Å². The van der Waals surface area contributed by atoms with Crippen molar-refractivity contribution in [1.82, 2.24) is 0 Å². The van der Waals surface area contributed by atoms with Gasteiger partial charge in [0.1, 0.15) is 0 Å². The van der Waals surface area contributed by atoms with Crippen LogP contribution in [-0.2, 0) is 0 Å². The van der Waals surface area contributed by atoms with Gasteiger partial charge >= 0.3 is 0 Å². The highest BCUT2D eigenvalue weighted by Gasteiger charge is 2.14. The number of hydrogen-bond acceptors (Lipinski definition) is 2. The number of aromatic nitrogens is 2. The van der Waals surface area contributed by atoms with Crippen LogP contribution in [0.15, 0.2) is 49.1 Å². The Labute approximate surface area is 276 Å². The quantitative estimate of drug-likeness (QED) is 0.0550. The molecule has 2 atom stereocenters. The predicted molar refractivity (Wildman–Crippen MR) is 190 cm³/mol. The molecule has 0 aliphatic rings. The van der Waals surface area contributed by atoms with E-state index in [-0.39, 0.29) is 0 Å². The number of rotatable bonds is 27. The van der Waals surface area contributed by atoms with Crippen molar-refractivity contribution in [1.29, 1.82) is 0 Å². The zero-order chi connectivity index (χ0) is 30.1. The largest absolute Gasteiger partial charge is 0.385 e. The van der Waals surface area contributed by atoms with Gasteiger partial charge in [0.05, 0.1) is 0 Å². The minimum atomic E-state index is 0.398. The molecule has 0 saturated heterocycles. The molecule has 2 rings (SSSR count). The smallest absolute Gasteiger partial charge is 0.211 e. The van der Waals surface area contributed by atoms with E-state index < -0.39 is 0 Å². The van der Waals surface area contributed by atoms with Crippen LogP contribution in [0.3, 0.4) is 0 Å². The standard InChI is InChI=1S/C36H60Br2N4/c1-3-5-7-19-27-39-33-23-29-41(30-24-33)35(37)21-17-15-13-11-9-10-12-14-16-18-22-36(38)42-31-25-34(26-32-42)40-28-20-8-6-4-2/h23-26,29-32,35-36H,3-22,27-28H2,1-2H3/p+2. The highest BCUT2D eigenvalue weighted by atomic mass is 79.9. The van der Waals surface area contributed by atoms with Gasteiger partial charge in [0, 0.05) is 61.6 Å². The van der Waals surface area contributed by atoms with Crippen LogP contribution in [0.25, 0.3) is 0 Å². The van der Waals surface area contributed by atoms with E-state index in [4.69, 9.17) is 0 Å². The summed E-state index contributed by atoms with van der Waals surface area (Å²) in [6, 6.07) is 8.83. The molecule has 6 heteroatoms. The maximum absolute atomic E-state index is 3.89. The molecule has 0 aliphatic heterocycles. The summed E-state index contributed by atoms with van der Waals surface area (Å²) in [5.41, 5.74) is 2.46. The molecule has 0 aliphatic carbocycles. The molecule has 0 bridgehead atoms. The monoisotopic (exact) mass is 708 g/mol. The molecule has 2 N–H and O–H groups in total. The summed E-state index contributed by atoms with van der Waals surface area (Å²) in [7, 11) is 0. The molecule has 2 heterocycles. The fraction of sp³-hybridized carbons (Fsp3) is 0.722. The molecule has 0 aromatic carbocycles. The molecule has 0 saturated carbocycles. The summed E-state index contributed by atoms with van der Waals surface area (Å²) in [5, 5.41) is 7.10. The highest BCUT2D eigenvalue weighted by molar-refractivity contribution is 9.09. The lowest BCUT2D eigenvalue weighted by Gasteiger charge is -2.08. The summed E-state index contributed by atoms with van der Waals surface area (Å²) < 4.78 is 4.59. The van der Waals surface area contributed by atoms with Crippen molar-refractivity contribution in [3.63, 3.8) is 0 Å². The lowest BCUT2D eigenvalue weighted by molar-refractivity contribution is -0.698. The molecule has 2 aromatic rings. The first kappa shape index (κ1) is 37.0. The van der Waals surface area contributed by atoms with Gasteiger partial charge in [-0.3, -0.25) is 0 Å². The Morgan fingerprint density at radius 1 is 0.476 bits per heavy atom. The summed E-state index contributed by atoms with van der Waals surface area (Å²) in [6.45, 7) is 6.68. The van der Waals surface area contributed by atoms with Gasteiger partial charge in [0.15, 0.2) is 24.8 Å². The fourth-order valence-corrected chi connectivity index (χ4v) is 6.59. The third kappa shape index (κ3) is 17.9. The van der Waals surface area contributed by atoms with Crippen LogP contribution in [-0.4, -0.2) is 13.1 Å². The Balaban J connectivity index is 1.40. The van der Waals surface area contributed by atoms with Crippen LogP contribution >= 0.6 is 31.9 Å². The number of hydrogen-bond donors (Lipinski definition) is 2. The third-order valence-electron chi connectivity index (χ3n) is 8.21. The molecule has 2 aromatic heterocycles. The second-order valence-electron chi connectivity index (χ2n) is 12.0. The Bertz CT molecular complexity index is 801. The van der Waals surface area contributed by atoms with E-state index in [0.29, 0.717) is 9.90 Å². The van der Waals surface area contributed by atoms with E-state index in [2.05, 4.69) is 115 Å². The van der Waals surface area contributed by atoms with Gasteiger partial charge in [-0.15, -0.1) is 0 Å². The van der Waals surface area contributed by atoms with Crippen LogP contribution in [0.2, 0.25) is 0 Å². The van der Waals surface area contributed by atoms with Gasteiger partial charge < -0.3 is 10.6 Å². The minimum absolute atomic E-state index is 0.398. The lowest BCUT2D eigenvalue weighted by Crippen LogP contribution is -2.35. The fourth-order valence-electron chi connectivity index (χ4n) is 5.39. The number of alkyl halides is 2.